The largest absolute Gasteiger partial charge is 0.425 e. The number of anilines is 2. The lowest BCUT2D eigenvalue weighted by atomic mass is 10.1. The Hall–Kier alpha value is -6.30. The van der Waals surface area contributed by atoms with Crippen molar-refractivity contribution >= 4 is 58.7 Å². The summed E-state index contributed by atoms with van der Waals surface area (Å²) in [6.07, 6.45) is 7.96. The molecule has 5 N–H and O–H groups in total. The van der Waals surface area contributed by atoms with Crippen molar-refractivity contribution < 1.29 is 52.6 Å². The summed E-state index contributed by atoms with van der Waals surface area (Å²) in [6.45, 7) is 9.67. The van der Waals surface area contributed by atoms with Gasteiger partial charge in [0.25, 0.3) is 0 Å². The molecule has 0 aromatic heterocycles. The molecule has 362 valence electrons. The van der Waals surface area contributed by atoms with Gasteiger partial charge in [0, 0.05) is 43.9 Å². The van der Waals surface area contributed by atoms with Gasteiger partial charge in [-0.3, -0.25) is 43.4 Å². The molecule has 3 aromatic rings. The molecule has 7 amide bonds. The Morgan fingerprint density at radius 2 is 1.03 bits per heavy atom. The standard InChI is InChI=1S/C21H20N2O6.C20H27N3O5.C5H13N.C2H6.CH4/c24-18(13-28-14-21(27)29-17-4-2-1-3-5-17)22-16-8-6-15(7-9-16)12-20(26)23-11-10-19(23)25;1-2-3-4-10-21-17(24)13-28-14-18(25)22-16-7-5-15(6-8-16)12-20(27)23-11-9-19(23)26;1-2-3-4-5-6;1-2;/h1-9H,10-14H2,(H,22,24);5-8H,2-4,9-14H2,1H3,(H,21,24)(H,22,25);2-6H2,1H3;1-2H3;1H4. The van der Waals surface area contributed by atoms with E-state index in [0.717, 1.165) is 36.9 Å². The lowest BCUT2D eigenvalue weighted by Crippen LogP contribution is -2.48. The highest BCUT2D eigenvalue weighted by Gasteiger charge is 2.30. The van der Waals surface area contributed by atoms with E-state index in [1.807, 2.05) is 13.8 Å². The number of hydrogen-bond acceptors (Lipinski definition) is 12. The van der Waals surface area contributed by atoms with E-state index in [-0.39, 0.29) is 82.1 Å². The molecule has 0 saturated carbocycles. The number of nitrogens with one attached hydrogen (secondary N) is 3. The zero-order chi connectivity index (χ0) is 47.8. The third-order valence-corrected chi connectivity index (χ3v) is 9.29. The fourth-order valence-electron chi connectivity index (χ4n) is 5.66. The van der Waals surface area contributed by atoms with Crippen molar-refractivity contribution in [2.24, 2.45) is 5.73 Å². The number of imide groups is 2. The monoisotopic (exact) mass is 919 g/mol. The number of nitrogens with two attached hydrogens (primary N) is 1. The number of carbonyl (C=O) groups excluding carboxylic acids is 8. The maximum absolute atomic E-state index is 11.9. The van der Waals surface area contributed by atoms with Gasteiger partial charge in [-0.25, -0.2) is 4.79 Å². The van der Waals surface area contributed by atoms with Crippen molar-refractivity contribution in [3.8, 4) is 5.75 Å². The Bertz CT molecular complexity index is 1940. The van der Waals surface area contributed by atoms with Gasteiger partial charge >= 0.3 is 5.97 Å². The van der Waals surface area contributed by atoms with Crippen LogP contribution in [-0.2, 0) is 60.7 Å². The number of benzene rings is 3. The first kappa shape index (κ1) is 57.7. The Kier molecular flexibility index (Phi) is 29.8. The maximum atomic E-state index is 11.9. The second kappa shape index (κ2) is 34.1. The summed E-state index contributed by atoms with van der Waals surface area (Å²) in [6, 6.07) is 22.1. The van der Waals surface area contributed by atoms with Gasteiger partial charge in [0.2, 0.25) is 41.4 Å². The molecule has 2 heterocycles. The number of rotatable bonds is 22. The molecule has 66 heavy (non-hydrogen) atoms. The molecular formula is C49H70N6O11. The number of nitrogens with zero attached hydrogens (tertiary/aromatic N) is 2. The van der Waals surface area contributed by atoms with Crippen LogP contribution >= 0.6 is 0 Å². The van der Waals surface area contributed by atoms with E-state index in [1.54, 1.807) is 78.9 Å². The first-order valence-electron chi connectivity index (χ1n) is 22.2. The topological polar surface area (TPSA) is 233 Å². The number of amides is 7. The number of β-lactam (4-membered cyclic amide) rings is 2. The molecule has 0 bridgehead atoms. The normalized spacial score (nSPS) is 12.1. The first-order valence-corrected chi connectivity index (χ1v) is 22.2. The van der Waals surface area contributed by atoms with Gasteiger partial charge in [0.05, 0.1) is 12.8 Å². The van der Waals surface area contributed by atoms with Crippen LogP contribution in [0.4, 0.5) is 11.4 Å². The number of para-hydroxylation sites is 1. The lowest BCUT2D eigenvalue weighted by molar-refractivity contribution is -0.153. The minimum atomic E-state index is -0.598. The van der Waals surface area contributed by atoms with Crippen molar-refractivity contribution in [3.63, 3.8) is 0 Å². The van der Waals surface area contributed by atoms with Crippen LogP contribution in [0.15, 0.2) is 78.9 Å². The van der Waals surface area contributed by atoms with Gasteiger partial charge in [-0.15, -0.1) is 0 Å². The fraction of sp³-hybridized carbons (Fsp3) is 0.469. The van der Waals surface area contributed by atoms with Crippen LogP contribution in [0, 0.1) is 0 Å². The summed E-state index contributed by atoms with van der Waals surface area (Å²) < 4.78 is 15.2. The van der Waals surface area contributed by atoms with Crippen LogP contribution in [-0.4, -0.2) is 110 Å². The summed E-state index contributed by atoms with van der Waals surface area (Å²) in [7, 11) is 0. The van der Waals surface area contributed by atoms with E-state index >= 15 is 0 Å². The highest BCUT2D eigenvalue weighted by molar-refractivity contribution is 6.01. The summed E-state index contributed by atoms with van der Waals surface area (Å²) in [5.41, 5.74) is 7.81. The van der Waals surface area contributed by atoms with Crippen molar-refractivity contribution in [1.82, 2.24) is 15.1 Å². The van der Waals surface area contributed by atoms with Gasteiger partial charge in [-0.2, -0.15) is 0 Å². The second-order valence-corrected chi connectivity index (χ2v) is 14.5. The van der Waals surface area contributed by atoms with Crippen LogP contribution < -0.4 is 26.4 Å². The van der Waals surface area contributed by atoms with Gasteiger partial charge in [-0.05, 0) is 66.9 Å². The average Bonchev–Trinajstić information content (AvgIpc) is 3.28. The van der Waals surface area contributed by atoms with Gasteiger partial charge < -0.3 is 35.9 Å². The van der Waals surface area contributed by atoms with Crippen LogP contribution in [0.3, 0.4) is 0 Å². The molecule has 3 aromatic carbocycles. The lowest BCUT2D eigenvalue weighted by Gasteiger charge is -2.28. The number of ether oxygens (including phenoxy) is 3. The van der Waals surface area contributed by atoms with Crippen molar-refractivity contribution in [2.45, 2.75) is 99.3 Å². The summed E-state index contributed by atoms with van der Waals surface area (Å²) in [5, 5.41) is 8.03. The second-order valence-electron chi connectivity index (χ2n) is 14.5. The van der Waals surface area contributed by atoms with E-state index in [1.165, 1.54) is 29.1 Å². The van der Waals surface area contributed by atoms with Gasteiger partial charge in [0.15, 0.2) is 0 Å². The zero-order valence-electron chi connectivity index (χ0n) is 38.2. The summed E-state index contributed by atoms with van der Waals surface area (Å²) >= 11 is 0. The minimum absolute atomic E-state index is 0. The van der Waals surface area contributed by atoms with E-state index in [0.29, 0.717) is 49.6 Å². The first-order chi connectivity index (χ1) is 31.4. The van der Waals surface area contributed by atoms with Crippen molar-refractivity contribution in [2.75, 3.05) is 63.2 Å². The van der Waals surface area contributed by atoms with Gasteiger partial charge in [0.1, 0.15) is 32.2 Å². The molecule has 0 radical (unpaired) electrons. The third-order valence-electron chi connectivity index (χ3n) is 9.29. The molecular weight excluding hydrogens is 849 g/mol. The number of hydrogen-bond donors (Lipinski definition) is 4. The Balaban J connectivity index is 0.000000561. The SMILES string of the molecule is C.CC.CCCCCN.CCCCCNC(=O)COCC(=O)Nc1ccc(CC(=O)N2CCC2=O)cc1.O=C(COCC(=O)Oc1ccccc1)Nc1ccc(CC(=O)N2CCC2=O)cc1. The predicted octanol–water partition coefficient (Wildman–Crippen LogP) is 5.60. The summed E-state index contributed by atoms with van der Waals surface area (Å²) in [4.78, 5) is 95.8. The molecule has 0 aliphatic carbocycles. The average molecular weight is 919 g/mol. The molecule has 2 aliphatic heterocycles. The fourth-order valence-corrected chi connectivity index (χ4v) is 5.66. The van der Waals surface area contributed by atoms with Gasteiger partial charge in [-0.1, -0.05) is 103 Å². The number of esters is 1. The maximum Gasteiger partial charge on any atom is 0.337 e. The molecule has 0 spiro atoms. The highest BCUT2D eigenvalue weighted by atomic mass is 16.6. The molecule has 17 nitrogen and oxygen atoms in total. The molecule has 0 atom stereocenters. The Labute approximate surface area is 389 Å². The Morgan fingerprint density at radius 1 is 0.591 bits per heavy atom. The molecule has 2 aliphatic rings. The minimum Gasteiger partial charge on any atom is -0.425 e. The molecule has 2 saturated heterocycles. The third kappa shape index (κ3) is 23.6. The van der Waals surface area contributed by atoms with Crippen LogP contribution in [0.25, 0.3) is 0 Å². The summed E-state index contributed by atoms with van der Waals surface area (Å²) in [5.74, 6) is -1.94. The smallest absolute Gasteiger partial charge is 0.337 e. The van der Waals surface area contributed by atoms with E-state index in [9.17, 15) is 38.4 Å². The van der Waals surface area contributed by atoms with E-state index in [2.05, 4.69) is 29.8 Å². The Morgan fingerprint density at radius 3 is 1.42 bits per heavy atom. The van der Waals surface area contributed by atoms with Crippen molar-refractivity contribution in [1.29, 1.82) is 0 Å². The van der Waals surface area contributed by atoms with E-state index in [4.69, 9.17) is 19.9 Å². The highest BCUT2D eigenvalue weighted by Crippen LogP contribution is 2.16. The van der Waals surface area contributed by atoms with Crippen molar-refractivity contribution in [3.05, 3.63) is 90.0 Å². The molecule has 5 rings (SSSR count). The zero-order valence-corrected chi connectivity index (χ0v) is 38.2. The number of carbonyl (C=O) groups is 8. The molecule has 0 unspecified atom stereocenters. The molecule has 2 fully saturated rings. The van der Waals surface area contributed by atoms with E-state index < -0.39 is 11.9 Å². The molecule has 17 heteroatoms. The quantitative estimate of drug-likeness (QED) is 0.0418. The van der Waals surface area contributed by atoms with Crippen LogP contribution in [0.2, 0.25) is 0 Å². The number of likely N-dealkylation sites (tertiary alicyclic amines) is 2. The van der Waals surface area contributed by atoms with Crippen LogP contribution in [0.5, 0.6) is 5.75 Å². The van der Waals surface area contributed by atoms with Crippen LogP contribution in [0.1, 0.15) is 97.6 Å². The predicted molar refractivity (Wildman–Crippen MR) is 253 cm³/mol. The number of unbranched alkanes of at least 4 members (excludes halogenated alkanes) is 4.